The molecule has 0 aliphatic rings. The van der Waals surface area contributed by atoms with Gasteiger partial charge in [0.05, 0.1) is 9.75 Å². The van der Waals surface area contributed by atoms with E-state index in [0.29, 0.717) is 0 Å². The van der Waals surface area contributed by atoms with Crippen LogP contribution in [0.2, 0.25) is 0 Å². The molecular weight excluding hydrogens is 282 g/mol. The van der Waals surface area contributed by atoms with Gasteiger partial charge < -0.3 is 0 Å². The molecule has 0 radical (unpaired) electrons. The lowest BCUT2D eigenvalue weighted by Crippen LogP contribution is -2.10. The molecule has 3 heteroatoms. The normalized spacial score (nSPS) is 11.8. The molecule has 0 saturated carbocycles. The van der Waals surface area contributed by atoms with Crippen molar-refractivity contribution in [3.63, 3.8) is 0 Å². The fourth-order valence-electron chi connectivity index (χ4n) is 2.06. The van der Waals surface area contributed by atoms with Crippen molar-refractivity contribution in [2.24, 2.45) is 0 Å². The third-order valence-electron chi connectivity index (χ3n) is 3.25. The van der Waals surface area contributed by atoms with Crippen molar-refractivity contribution in [3.05, 3.63) is 53.5 Å². The SMILES string of the molecule is CC(C)(C)c1cccc(-c2cnc(-c3cccs3)s2)c1. The average molecular weight is 299 g/mol. The molecule has 3 aromatic rings. The maximum Gasteiger partial charge on any atom is 0.133 e. The van der Waals surface area contributed by atoms with E-state index < -0.39 is 0 Å². The minimum atomic E-state index is 0.178. The minimum Gasteiger partial charge on any atom is -0.243 e. The van der Waals surface area contributed by atoms with E-state index in [1.54, 1.807) is 22.7 Å². The van der Waals surface area contributed by atoms with Gasteiger partial charge in [0.25, 0.3) is 0 Å². The lowest BCUT2D eigenvalue weighted by atomic mass is 9.86. The molecule has 20 heavy (non-hydrogen) atoms. The molecule has 0 amide bonds. The Bertz CT molecular complexity index is 703. The van der Waals surface area contributed by atoms with Crippen LogP contribution >= 0.6 is 22.7 Å². The molecule has 0 atom stereocenters. The first-order chi connectivity index (χ1) is 9.54. The average Bonchev–Trinajstić information content (AvgIpc) is 3.09. The molecule has 1 nitrogen and oxygen atoms in total. The first-order valence-electron chi connectivity index (χ1n) is 6.65. The highest BCUT2D eigenvalue weighted by molar-refractivity contribution is 7.22. The maximum atomic E-state index is 4.56. The van der Waals surface area contributed by atoms with Crippen LogP contribution in [0.15, 0.2) is 48.0 Å². The molecule has 0 aliphatic heterocycles. The largest absolute Gasteiger partial charge is 0.243 e. The molecule has 0 aliphatic carbocycles. The van der Waals surface area contributed by atoms with Crippen molar-refractivity contribution >= 4 is 22.7 Å². The van der Waals surface area contributed by atoms with Crippen molar-refractivity contribution in [2.75, 3.05) is 0 Å². The monoisotopic (exact) mass is 299 g/mol. The highest BCUT2D eigenvalue weighted by Crippen LogP contribution is 2.35. The second-order valence-electron chi connectivity index (χ2n) is 5.84. The molecule has 0 unspecified atom stereocenters. The standard InChI is InChI=1S/C17H17NS2/c1-17(2,3)13-7-4-6-12(10-13)15-11-18-16(20-15)14-8-5-9-19-14/h4-11H,1-3H3. The summed E-state index contributed by atoms with van der Waals surface area (Å²) < 4.78 is 0. The minimum absolute atomic E-state index is 0.178. The van der Waals surface area contributed by atoms with Gasteiger partial charge in [-0.05, 0) is 34.1 Å². The van der Waals surface area contributed by atoms with Gasteiger partial charge in [-0.2, -0.15) is 0 Å². The number of thiazole rings is 1. The molecule has 102 valence electrons. The molecule has 0 N–H and O–H groups in total. The van der Waals surface area contributed by atoms with Crippen LogP contribution in [-0.4, -0.2) is 4.98 Å². The summed E-state index contributed by atoms with van der Waals surface area (Å²) in [5, 5.41) is 3.20. The van der Waals surface area contributed by atoms with Gasteiger partial charge in [0.2, 0.25) is 0 Å². The number of aromatic nitrogens is 1. The van der Waals surface area contributed by atoms with Gasteiger partial charge in [0.1, 0.15) is 5.01 Å². The first kappa shape index (κ1) is 13.5. The topological polar surface area (TPSA) is 12.9 Å². The summed E-state index contributed by atoms with van der Waals surface area (Å²) in [5.41, 5.74) is 2.80. The van der Waals surface area contributed by atoms with Crippen LogP contribution in [0.4, 0.5) is 0 Å². The van der Waals surface area contributed by atoms with E-state index in [1.807, 2.05) is 6.20 Å². The Balaban J connectivity index is 1.98. The molecule has 0 bridgehead atoms. The van der Waals surface area contributed by atoms with Crippen LogP contribution in [0.5, 0.6) is 0 Å². The van der Waals surface area contributed by atoms with Crippen LogP contribution in [-0.2, 0) is 5.41 Å². The summed E-state index contributed by atoms with van der Waals surface area (Å²) in [4.78, 5) is 7.04. The van der Waals surface area contributed by atoms with Crippen LogP contribution in [0.25, 0.3) is 20.3 Å². The maximum absolute atomic E-state index is 4.56. The molecule has 0 fully saturated rings. The highest BCUT2D eigenvalue weighted by Gasteiger charge is 2.15. The lowest BCUT2D eigenvalue weighted by molar-refractivity contribution is 0.590. The van der Waals surface area contributed by atoms with Gasteiger partial charge in [-0.25, -0.2) is 4.98 Å². The Kier molecular flexibility index (Phi) is 3.48. The van der Waals surface area contributed by atoms with Crippen molar-refractivity contribution in [3.8, 4) is 20.3 Å². The van der Waals surface area contributed by atoms with Gasteiger partial charge in [-0.15, -0.1) is 22.7 Å². The van der Waals surface area contributed by atoms with Gasteiger partial charge in [0.15, 0.2) is 0 Å². The summed E-state index contributed by atoms with van der Waals surface area (Å²) in [6, 6.07) is 13.0. The van der Waals surface area contributed by atoms with Crippen LogP contribution in [0, 0.1) is 0 Å². The smallest absolute Gasteiger partial charge is 0.133 e. The summed E-state index contributed by atoms with van der Waals surface area (Å²) in [5.74, 6) is 0. The third-order valence-corrected chi connectivity index (χ3v) is 5.34. The second kappa shape index (κ2) is 5.15. The third kappa shape index (κ3) is 2.69. The fraction of sp³-hybridized carbons (Fsp3) is 0.235. The van der Waals surface area contributed by atoms with E-state index in [4.69, 9.17) is 0 Å². The molecule has 0 saturated heterocycles. The molecule has 2 heterocycles. The van der Waals surface area contributed by atoms with E-state index in [2.05, 4.69) is 67.5 Å². The highest BCUT2D eigenvalue weighted by atomic mass is 32.1. The number of thiophene rings is 1. The lowest BCUT2D eigenvalue weighted by Gasteiger charge is -2.19. The van der Waals surface area contributed by atoms with Crippen molar-refractivity contribution in [1.82, 2.24) is 4.98 Å². The zero-order valence-corrected chi connectivity index (χ0v) is 13.5. The Morgan fingerprint density at radius 1 is 1.00 bits per heavy atom. The summed E-state index contributed by atoms with van der Waals surface area (Å²) in [6.07, 6.45) is 1.99. The Hall–Kier alpha value is -1.45. The summed E-state index contributed by atoms with van der Waals surface area (Å²) in [7, 11) is 0. The van der Waals surface area contributed by atoms with E-state index in [0.717, 1.165) is 5.01 Å². The predicted molar refractivity (Wildman–Crippen MR) is 89.6 cm³/mol. The Morgan fingerprint density at radius 2 is 1.85 bits per heavy atom. The zero-order valence-electron chi connectivity index (χ0n) is 11.9. The number of rotatable bonds is 2. The van der Waals surface area contributed by atoms with Crippen LogP contribution in [0.1, 0.15) is 26.3 Å². The first-order valence-corrected chi connectivity index (χ1v) is 8.34. The quantitative estimate of drug-likeness (QED) is 0.579. The summed E-state index contributed by atoms with van der Waals surface area (Å²) >= 11 is 3.50. The number of hydrogen-bond acceptors (Lipinski definition) is 3. The van der Waals surface area contributed by atoms with Gasteiger partial charge >= 0.3 is 0 Å². The van der Waals surface area contributed by atoms with E-state index in [1.165, 1.54) is 20.9 Å². The van der Waals surface area contributed by atoms with E-state index >= 15 is 0 Å². The molecule has 3 rings (SSSR count). The number of nitrogens with zero attached hydrogens (tertiary/aromatic N) is 1. The fourth-order valence-corrected chi connectivity index (χ4v) is 3.78. The van der Waals surface area contributed by atoms with Gasteiger partial charge in [0, 0.05) is 6.20 Å². The second-order valence-corrected chi connectivity index (χ2v) is 7.82. The molecule has 2 aromatic heterocycles. The van der Waals surface area contributed by atoms with Crippen molar-refractivity contribution in [2.45, 2.75) is 26.2 Å². The summed E-state index contributed by atoms with van der Waals surface area (Å²) in [6.45, 7) is 6.74. The van der Waals surface area contributed by atoms with Crippen LogP contribution < -0.4 is 0 Å². The number of benzene rings is 1. The van der Waals surface area contributed by atoms with E-state index in [-0.39, 0.29) is 5.41 Å². The molecule has 0 spiro atoms. The molecule has 1 aromatic carbocycles. The Morgan fingerprint density at radius 3 is 2.55 bits per heavy atom. The Labute approximate surface area is 128 Å². The van der Waals surface area contributed by atoms with Crippen molar-refractivity contribution in [1.29, 1.82) is 0 Å². The van der Waals surface area contributed by atoms with Crippen LogP contribution in [0.3, 0.4) is 0 Å². The number of hydrogen-bond donors (Lipinski definition) is 0. The van der Waals surface area contributed by atoms with Gasteiger partial charge in [-0.3, -0.25) is 0 Å². The zero-order chi connectivity index (χ0) is 14.2. The van der Waals surface area contributed by atoms with Gasteiger partial charge in [-0.1, -0.05) is 45.0 Å². The van der Waals surface area contributed by atoms with Crippen molar-refractivity contribution < 1.29 is 0 Å². The van der Waals surface area contributed by atoms with E-state index in [9.17, 15) is 0 Å². The predicted octanol–water partition coefficient (Wildman–Crippen LogP) is 5.84. The molecular formula is C17H17NS2.